The van der Waals surface area contributed by atoms with Gasteiger partial charge in [-0.2, -0.15) is 0 Å². The van der Waals surface area contributed by atoms with Crippen LogP contribution in [0.5, 0.6) is 0 Å². The van der Waals surface area contributed by atoms with Crippen LogP contribution in [0.25, 0.3) is 0 Å². The molecule has 90 valence electrons. The number of hydrogen-bond donors (Lipinski definition) is 1. The molecule has 1 N–H and O–H groups in total. The van der Waals surface area contributed by atoms with Crippen molar-refractivity contribution in [3.05, 3.63) is 35.4 Å². The number of carboxylic acid groups (broad SMARTS) is 1. The van der Waals surface area contributed by atoms with Crippen molar-refractivity contribution in [1.82, 2.24) is 0 Å². The van der Waals surface area contributed by atoms with Crippen LogP contribution in [0.2, 0.25) is 0 Å². The van der Waals surface area contributed by atoms with Gasteiger partial charge in [0.2, 0.25) is 0 Å². The van der Waals surface area contributed by atoms with E-state index >= 15 is 0 Å². The summed E-state index contributed by atoms with van der Waals surface area (Å²) in [6.45, 7) is 0. The molecular formula is C14H15BrO2. The van der Waals surface area contributed by atoms with E-state index in [1.165, 1.54) is 0 Å². The van der Waals surface area contributed by atoms with E-state index in [2.05, 4.69) is 27.8 Å². The first kappa shape index (κ1) is 13.8. The second-order valence-corrected chi connectivity index (χ2v) is 4.48. The summed E-state index contributed by atoms with van der Waals surface area (Å²) < 4.78 is 0. The van der Waals surface area contributed by atoms with Crippen LogP contribution in [0.1, 0.15) is 30.4 Å². The lowest BCUT2D eigenvalue weighted by Crippen LogP contribution is -1.95. The summed E-state index contributed by atoms with van der Waals surface area (Å²) in [5, 5.41) is 9.43. The maximum absolute atomic E-state index is 10.4. The first-order chi connectivity index (χ1) is 8.22. The molecule has 0 bridgehead atoms. The van der Waals surface area contributed by atoms with Gasteiger partial charge >= 0.3 is 5.97 Å². The van der Waals surface area contributed by atoms with Gasteiger partial charge in [-0.1, -0.05) is 39.9 Å². The number of aryl methyl sites for hydroxylation is 1. The molecule has 0 saturated heterocycles. The number of halogens is 1. The molecule has 0 atom stereocenters. The smallest absolute Gasteiger partial charge is 0.303 e. The van der Waals surface area contributed by atoms with E-state index in [9.17, 15) is 4.79 Å². The van der Waals surface area contributed by atoms with Crippen LogP contribution in [-0.2, 0) is 11.2 Å². The molecule has 2 nitrogen and oxygen atoms in total. The maximum Gasteiger partial charge on any atom is 0.303 e. The molecule has 0 aromatic heterocycles. The highest BCUT2D eigenvalue weighted by atomic mass is 79.9. The minimum Gasteiger partial charge on any atom is -0.481 e. The largest absolute Gasteiger partial charge is 0.481 e. The van der Waals surface area contributed by atoms with Crippen molar-refractivity contribution in [1.29, 1.82) is 0 Å². The molecule has 1 rings (SSSR count). The molecule has 0 saturated carbocycles. The molecule has 0 spiro atoms. The van der Waals surface area contributed by atoms with Crippen molar-refractivity contribution < 1.29 is 9.90 Å². The third-order valence-corrected chi connectivity index (χ3v) is 2.66. The normalized spacial score (nSPS) is 9.47. The average Bonchev–Trinajstić information content (AvgIpc) is 2.31. The molecule has 1 aromatic rings. The lowest BCUT2D eigenvalue weighted by molar-refractivity contribution is -0.137. The Bertz CT molecular complexity index is 412. The van der Waals surface area contributed by atoms with Crippen LogP contribution in [-0.4, -0.2) is 16.4 Å². The van der Waals surface area contributed by atoms with Gasteiger partial charge in [-0.3, -0.25) is 4.79 Å². The highest BCUT2D eigenvalue weighted by Crippen LogP contribution is 2.07. The number of carbonyl (C=O) groups is 1. The van der Waals surface area contributed by atoms with Crippen LogP contribution in [0.4, 0.5) is 0 Å². The number of benzene rings is 1. The van der Waals surface area contributed by atoms with E-state index in [4.69, 9.17) is 5.11 Å². The standard InChI is InChI=1S/C14H15BrO2/c15-11-2-1-4-12-7-9-13(10-8-12)5-3-6-14(16)17/h7-10H,2-3,5-6,11H2,(H,16,17). The van der Waals surface area contributed by atoms with Crippen molar-refractivity contribution in [3.63, 3.8) is 0 Å². The molecule has 0 fully saturated rings. The third kappa shape index (κ3) is 6.13. The Hall–Kier alpha value is -1.27. The van der Waals surface area contributed by atoms with E-state index < -0.39 is 5.97 Å². The molecule has 0 heterocycles. The second kappa shape index (κ2) is 7.92. The van der Waals surface area contributed by atoms with Crippen LogP contribution >= 0.6 is 15.9 Å². The Morgan fingerprint density at radius 2 is 2.00 bits per heavy atom. The van der Waals surface area contributed by atoms with Gasteiger partial charge in [-0.25, -0.2) is 0 Å². The first-order valence-corrected chi connectivity index (χ1v) is 6.70. The zero-order valence-electron chi connectivity index (χ0n) is 9.58. The van der Waals surface area contributed by atoms with Crippen LogP contribution in [0, 0.1) is 11.8 Å². The number of hydrogen-bond acceptors (Lipinski definition) is 1. The van der Waals surface area contributed by atoms with Crippen LogP contribution in [0.3, 0.4) is 0 Å². The summed E-state index contributed by atoms with van der Waals surface area (Å²) in [5.41, 5.74) is 2.17. The topological polar surface area (TPSA) is 37.3 Å². The Kier molecular flexibility index (Phi) is 6.42. The molecule has 0 aliphatic carbocycles. The van der Waals surface area contributed by atoms with Crippen molar-refractivity contribution >= 4 is 21.9 Å². The molecule has 0 aliphatic rings. The minimum atomic E-state index is -0.734. The highest BCUT2D eigenvalue weighted by Gasteiger charge is 1.98. The summed E-state index contributed by atoms with van der Waals surface area (Å²) in [7, 11) is 0. The number of alkyl halides is 1. The van der Waals surface area contributed by atoms with Gasteiger partial charge < -0.3 is 5.11 Å². The van der Waals surface area contributed by atoms with E-state index in [0.717, 1.165) is 29.3 Å². The second-order valence-electron chi connectivity index (χ2n) is 3.68. The summed E-state index contributed by atoms with van der Waals surface area (Å²) in [4.78, 5) is 10.4. The van der Waals surface area contributed by atoms with Crippen LogP contribution in [0.15, 0.2) is 24.3 Å². The fourth-order valence-corrected chi connectivity index (χ4v) is 1.61. The van der Waals surface area contributed by atoms with Gasteiger partial charge in [0.25, 0.3) is 0 Å². The van der Waals surface area contributed by atoms with Crippen molar-refractivity contribution in [2.24, 2.45) is 0 Å². The zero-order chi connectivity index (χ0) is 12.5. The molecule has 1 aromatic carbocycles. The molecule has 0 amide bonds. The average molecular weight is 295 g/mol. The minimum absolute atomic E-state index is 0.229. The van der Waals surface area contributed by atoms with Gasteiger partial charge in [-0.05, 0) is 30.5 Å². The lowest BCUT2D eigenvalue weighted by atomic mass is 10.1. The van der Waals surface area contributed by atoms with Crippen molar-refractivity contribution in [3.8, 4) is 11.8 Å². The summed E-state index contributed by atoms with van der Waals surface area (Å²) in [6.07, 6.45) is 2.57. The van der Waals surface area contributed by atoms with E-state index in [1.807, 2.05) is 24.3 Å². The molecule has 0 aliphatic heterocycles. The van der Waals surface area contributed by atoms with Gasteiger partial charge in [0.1, 0.15) is 0 Å². The summed E-state index contributed by atoms with van der Waals surface area (Å²) in [6, 6.07) is 7.99. The molecule has 17 heavy (non-hydrogen) atoms. The third-order valence-electron chi connectivity index (χ3n) is 2.26. The predicted octanol–water partition coefficient (Wildman–Crippen LogP) is 3.23. The van der Waals surface area contributed by atoms with Gasteiger partial charge in [0, 0.05) is 23.7 Å². The number of carboxylic acids is 1. The van der Waals surface area contributed by atoms with Crippen molar-refractivity contribution in [2.75, 3.05) is 5.33 Å². The van der Waals surface area contributed by atoms with E-state index in [1.54, 1.807) is 0 Å². The number of rotatable bonds is 5. The zero-order valence-corrected chi connectivity index (χ0v) is 11.2. The molecule has 0 radical (unpaired) electrons. The molecule has 0 unspecified atom stereocenters. The quantitative estimate of drug-likeness (QED) is 0.669. The Morgan fingerprint density at radius 1 is 1.29 bits per heavy atom. The molecular weight excluding hydrogens is 280 g/mol. The maximum atomic E-state index is 10.4. The Balaban J connectivity index is 2.45. The SMILES string of the molecule is O=C(O)CCCc1ccc(C#CCCBr)cc1. The Labute approximate surface area is 110 Å². The Morgan fingerprint density at radius 3 is 2.59 bits per heavy atom. The molecule has 3 heteroatoms. The van der Waals surface area contributed by atoms with E-state index in [0.29, 0.717) is 6.42 Å². The summed E-state index contributed by atoms with van der Waals surface area (Å²) >= 11 is 3.32. The fourth-order valence-electron chi connectivity index (χ4n) is 1.41. The number of aliphatic carboxylic acids is 1. The fraction of sp³-hybridized carbons (Fsp3) is 0.357. The monoisotopic (exact) mass is 294 g/mol. The van der Waals surface area contributed by atoms with Crippen LogP contribution < -0.4 is 0 Å². The van der Waals surface area contributed by atoms with Gasteiger partial charge in [-0.15, -0.1) is 0 Å². The van der Waals surface area contributed by atoms with Crippen molar-refractivity contribution in [2.45, 2.75) is 25.7 Å². The van der Waals surface area contributed by atoms with Gasteiger partial charge in [0.05, 0.1) is 0 Å². The van der Waals surface area contributed by atoms with E-state index in [-0.39, 0.29) is 6.42 Å². The lowest BCUT2D eigenvalue weighted by Gasteiger charge is -1.99. The van der Waals surface area contributed by atoms with Gasteiger partial charge in [0.15, 0.2) is 0 Å². The first-order valence-electron chi connectivity index (χ1n) is 5.58. The highest BCUT2D eigenvalue weighted by molar-refractivity contribution is 9.09. The summed E-state index contributed by atoms with van der Waals surface area (Å²) in [5.74, 6) is 5.39. The predicted molar refractivity (Wildman–Crippen MR) is 72.3 cm³/mol.